The number of carbonyl (C=O) groups is 1. The number of nitrogens with one attached hydrogen (secondary N) is 1. The zero-order valence-electron chi connectivity index (χ0n) is 11.3. The minimum atomic E-state index is -0.270. The van der Waals surface area contributed by atoms with Crippen LogP contribution in [0.1, 0.15) is 46.8 Å². The largest absolute Gasteiger partial charge is 0.321 e. The summed E-state index contributed by atoms with van der Waals surface area (Å²) in [6, 6.07) is 4.24. The maximum Gasteiger partial charge on any atom is 0.259 e. The smallest absolute Gasteiger partial charge is 0.259 e. The molecule has 0 saturated heterocycles. The van der Waals surface area contributed by atoms with Gasteiger partial charge in [0.15, 0.2) is 5.78 Å². The Kier molecular flexibility index (Phi) is 2.77. The van der Waals surface area contributed by atoms with Crippen LogP contribution in [0.25, 0.3) is 10.9 Å². The second-order valence-corrected chi connectivity index (χ2v) is 5.38. The van der Waals surface area contributed by atoms with Crippen molar-refractivity contribution in [1.82, 2.24) is 4.98 Å². The van der Waals surface area contributed by atoms with Gasteiger partial charge in [0, 0.05) is 10.9 Å². The maximum atomic E-state index is 12.0. The number of aromatic amines is 1. The van der Waals surface area contributed by atoms with Gasteiger partial charge >= 0.3 is 0 Å². The standard InChI is InChI=1S/C16H17NO2/c1-9-13-7-11-5-3-4-6-12(11)8-14(13)17-16(19)15(9)10(2)18/h7-8H,3-6H2,1-2H3,(H,17,19). The number of hydrogen-bond donors (Lipinski definition) is 1. The molecule has 1 aromatic heterocycles. The van der Waals surface area contributed by atoms with Gasteiger partial charge in [0.2, 0.25) is 0 Å². The number of ketones is 1. The number of pyridine rings is 1. The summed E-state index contributed by atoms with van der Waals surface area (Å²) >= 11 is 0. The van der Waals surface area contributed by atoms with Gasteiger partial charge in [-0.2, -0.15) is 0 Å². The molecule has 0 spiro atoms. The van der Waals surface area contributed by atoms with Crippen LogP contribution in [0.15, 0.2) is 16.9 Å². The normalized spacial score (nSPS) is 14.4. The third-order valence-corrected chi connectivity index (χ3v) is 4.09. The van der Waals surface area contributed by atoms with E-state index in [-0.39, 0.29) is 11.3 Å². The van der Waals surface area contributed by atoms with Gasteiger partial charge in [-0.15, -0.1) is 0 Å². The van der Waals surface area contributed by atoms with Gasteiger partial charge < -0.3 is 4.98 Å². The fourth-order valence-electron chi connectivity index (χ4n) is 3.11. The van der Waals surface area contributed by atoms with E-state index in [1.165, 1.54) is 30.9 Å². The number of benzene rings is 1. The topological polar surface area (TPSA) is 49.9 Å². The van der Waals surface area contributed by atoms with Crippen LogP contribution < -0.4 is 5.56 Å². The minimum absolute atomic E-state index is 0.168. The van der Waals surface area contributed by atoms with Crippen LogP contribution in [-0.2, 0) is 12.8 Å². The van der Waals surface area contributed by atoms with Crippen molar-refractivity contribution in [2.24, 2.45) is 0 Å². The molecule has 0 fully saturated rings. The van der Waals surface area contributed by atoms with Crippen molar-refractivity contribution in [3.8, 4) is 0 Å². The minimum Gasteiger partial charge on any atom is -0.321 e. The van der Waals surface area contributed by atoms with Crippen molar-refractivity contribution in [1.29, 1.82) is 0 Å². The number of aromatic nitrogens is 1. The molecule has 0 aliphatic heterocycles. The lowest BCUT2D eigenvalue weighted by Crippen LogP contribution is -2.18. The first-order valence-electron chi connectivity index (χ1n) is 6.77. The molecule has 1 aliphatic rings. The first-order valence-corrected chi connectivity index (χ1v) is 6.77. The highest BCUT2D eigenvalue weighted by atomic mass is 16.1. The molecule has 0 atom stereocenters. The van der Waals surface area contributed by atoms with E-state index in [4.69, 9.17) is 0 Å². The van der Waals surface area contributed by atoms with E-state index in [0.717, 1.165) is 29.3 Å². The van der Waals surface area contributed by atoms with Crippen molar-refractivity contribution in [2.75, 3.05) is 0 Å². The van der Waals surface area contributed by atoms with Crippen LogP contribution in [0.4, 0.5) is 0 Å². The summed E-state index contributed by atoms with van der Waals surface area (Å²) in [7, 11) is 0. The quantitative estimate of drug-likeness (QED) is 0.796. The van der Waals surface area contributed by atoms with Crippen molar-refractivity contribution in [2.45, 2.75) is 39.5 Å². The van der Waals surface area contributed by atoms with Gasteiger partial charge in [-0.3, -0.25) is 9.59 Å². The van der Waals surface area contributed by atoms with Gasteiger partial charge in [-0.1, -0.05) is 0 Å². The van der Waals surface area contributed by atoms with E-state index < -0.39 is 0 Å². The van der Waals surface area contributed by atoms with Crippen molar-refractivity contribution >= 4 is 16.7 Å². The third kappa shape index (κ3) is 1.89. The van der Waals surface area contributed by atoms with E-state index in [1.54, 1.807) is 0 Å². The molecule has 0 unspecified atom stereocenters. The molecule has 98 valence electrons. The highest BCUT2D eigenvalue weighted by Crippen LogP contribution is 2.27. The summed E-state index contributed by atoms with van der Waals surface area (Å²) in [5.41, 5.74) is 4.39. The number of carbonyl (C=O) groups excluding carboxylic acids is 1. The molecule has 3 rings (SSSR count). The van der Waals surface area contributed by atoms with Gasteiger partial charge in [-0.25, -0.2) is 0 Å². The Morgan fingerprint density at radius 2 is 1.79 bits per heavy atom. The molecule has 0 radical (unpaired) electrons. The molecular weight excluding hydrogens is 238 g/mol. The number of rotatable bonds is 1. The molecule has 3 nitrogen and oxygen atoms in total. The van der Waals surface area contributed by atoms with Gasteiger partial charge in [-0.05, 0) is 68.4 Å². The Morgan fingerprint density at radius 1 is 1.16 bits per heavy atom. The van der Waals surface area contributed by atoms with Gasteiger partial charge in [0.25, 0.3) is 5.56 Å². The van der Waals surface area contributed by atoms with E-state index in [0.29, 0.717) is 5.56 Å². The van der Waals surface area contributed by atoms with Crippen LogP contribution in [0.5, 0.6) is 0 Å². The van der Waals surface area contributed by atoms with E-state index >= 15 is 0 Å². The van der Waals surface area contributed by atoms with E-state index in [9.17, 15) is 9.59 Å². The second kappa shape index (κ2) is 4.34. The SMILES string of the molecule is CC(=O)c1c(C)c2cc3c(cc2[nH]c1=O)CCCC3. The molecule has 1 N–H and O–H groups in total. The summed E-state index contributed by atoms with van der Waals surface area (Å²) in [5, 5.41) is 1.01. The molecule has 0 saturated carbocycles. The van der Waals surface area contributed by atoms with Crippen molar-refractivity contribution < 1.29 is 4.79 Å². The van der Waals surface area contributed by atoms with E-state index in [2.05, 4.69) is 17.1 Å². The number of hydrogen-bond acceptors (Lipinski definition) is 2. The zero-order chi connectivity index (χ0) is 13.6. The molecular formula is C16H17NO2. The lowest BCUT2D eigenvalue weighted by Gasteiger charge is -2.17. The summed E-state index contributed by atoms with van der Waals surface area (Å²) in [5.74, 6) is -0.168. The summed E-state index contributed by atoms with van der Waals surface area (Å²) in [6.07, 6.45) is 4.62. The molecule has 19 heavy (non-hydrogen) atoms. The van der Waals surface area contributed by atoms with Crippen molar-refractivity contribution in [3.63, 3.8) is 0 Å². The molecule has 1 heterocycles. The average Bonchev–Trinajstić information content (AvgIpc) is 2.36. The number of H-pyrrole nitrogens is 1. The Hall–Kier alpha value is -1.90. The van der Waals surface area contributed by atoms with Crippen LogP contribution in [0.2, 0.25) is 0 Å². The molecule has 1 aliphatic carbocycles. The molecule has 0 bridgehead atoms. The Labute approximate surface area is 111 Å². The lowest BCUT2D eigenvalue weighted by atomic mass is 9.89. The Balaban J connectivity index is 2.37. The predicted molar refractivity (Wildman–Crippen MR) is 76.0 cm³/mol. The fourth-order valence-corrected chi connectivity index (χ4v) is 3.11. The summed E-state index contributed by atoms with van der Waals surface area (Å²) < 4.78 is 0. The fraction of sp³-hybridized carbons (Fsp3) is 0.375. The predicted octanol–water partition coefficient (Wildman–Crippen LogP) is 2.92. The molecule has 2 aromatic rings. The number of fused-ring (bicyclic) bond motifs is 2. The van der Waals surface area contributed by atoms with Crippen LogP contribution in [0, 0.1) is 6.92 Å². The highest BCUT2D eigenvalue weighted by molar-refractivity contribution is 6.00. The first-order chi connectivity index (χ1) is 9.08. The summed E-state index contributed by atoms with van der Waals surface area (Å²) in [4.78, 5) is 26.4. The van der Waals surface area contributed by atoms with Gasteiger partial charge in [0.1, 0.15) is 0 Å². The Morgan fingerprint density at radius 3 is 2.42 bits per heavy atom. The molecule has 3 heteroatoms. The van der Waals surface area contributed by atoms with Crippen molar-refractivity contribution in [3.05, 3.63) is 44.7 Å². The molecule has 1 aromatic carbocycles. The average molecular weight is 255 g/mol. The van der Waals surface area contributed by atoms with Crippen LogP contribution >= 0.6 is 0 Å². The maximum absolute atomic E-state index is 12.0. The Bertz CT molecular complexity index is 740. The lowest BCUT2D eigenvalue weighted by molar-refractivity contribution is 0.101. The summed E-state index contributed by atoms with van der Waals surface area (Å²) in [6.45, 7) is 3.31. The second-order valence-electron chi connectivity index (χ2n) is 5.38. The van der Waals surface area contributed by atoms with Crippen LogP contribution in [-0.4, -0.2) is 10.8 Å². The van der Waals surface area contributed by atoms with Gasteiger partial charge in [0.05, 0.1) is 5.56 Å². The van der Waals surface area contributed by atoms with E-state index in [1.807, 2.05) is 6.92 Å². The van der Waals surface area contributed by atoms with Crippen LogP contribution in [0.3, 0.4) is 0 Å². The highest BCUT2D eigenvalue weighted by Gasteiger charge is 2.16. The zero-order valence-corrected chi connectivity index (χ0v) is 11.3. The molecule has 0 amide bonds. The third-order valence-electron chi connectivity index (χ3n) is 4.09. The number of Topliss-reactive ketones (excluding diaryl/α,β-unsaturated/α-hetero) is 1. The monoisotopic (exact) mass is 255 g/mol. The first kappa shape index (κ1) is 12.2. The number of aryl methyl sites for hydroxylation is 3.